The molecule has 242 valence electrons. The molecule has 0 unspecified atom stereocenters. The van der Waals surface area contributed by atoms with Crippen LogP contribution >= 0.6 is 0 Å². The molecule has 0 spiro atoms. The monoisotopic (exact) mass is 631 g/mol. The smallest absolute Gasteiger partial charge is 0.305 e. The first-order chi connectivity index (χ1) is 21.9. The second kappa shape index (κ2) is 17.1. The fraction of sp³-hybridized carbons (Fsp3) is 0.394. The molecule has 1 heterocycles. The predicted molar refractivity (Wildman–Crippen MR) is 172 cm³/mol. The van der Waals surface area contributed by atoms with Crippen molar-refractivity contribution >= 4 is 17.7 Å². The van der Waals surface area contributed by atoms with Gasteiger partial charge in [-0.3, -0.25) is 9.78 Å². The van der Waals surface area contributed by atoms with Crippen molar-refractivity contribution < 1.29 is 29.2 Å². The van der Waals surface area contributed by atoms with Crippen LogP contribution in [0.5, 0.6) is 0 Å². The molecule has 0 saturated carbocycles. The number of aliphatic hydroxyl groups is 2. The molecule has 3 N–H and O–H groups in total. The third-order valence-electron chi connectivity index (χ3n) is 7.06. The Balaban J connectivity index is 2.12. The second-order valence-electron chi connectivity index (χ2n) is 11.5. The Morgan fingerprint density at radius 1 is 1.00 bits per heavy atom. The summed E-state index contributed by atoms with van der Waals surface area (Å²) in [4.78, 5) is 21.7. The first kappa shape index (κ1) is 35.7. The van der Waals surface area contributed by atoms with E-state index in [9.17, 15) is 19.4 Å². The number of hydrogen-bond donors (Lipinski definition) is 3. The van der Waals surface area contributed by atoms with Crippen molar-refractivity contribution in [1.29, 1.82) is 0 Å². The van der Waals surface area contributed by atoms with Crippen molar-refractivity contribution in [2.75, 3.05) is 0 Å². The van der Waals surface area contributed by atoms with Crippen molar-refractivity contribution in [3.63, 3.8) is 0 Å². The SMILES string of the molecule is CC(C)c1nc(C(C)C)c(COCc2cc(CN=[N+]=[N-])cc(N=[N+]=[N-])c2)c(-c2ccc(F)cc2)c1/C=C/[C@@H](O)C[C@@H](O)CC(=O)O. The van der Waals surface area contributed by atoms with Crippen LogP contribution in [0.25, 0.3) is 38.1 Å². The number of azide groups is 2. The number of hydrogen-bond acceptors (Lipinski definition) is 7. The van der Waals surface area contributed by atoms with E-state index in [1.165, 1.54) is 18.2 Å². The number of aliphatic carboxylic acids is 1. The Hall–Kier alpha value is -4.77. The molecule has 0 fully saturated rings. The summed E-state index contributed by atoms with van der Waals surface area (Å²) in [6.07, 6.45) is 0.172. The highest BCUT2D eigenvalue weighted by molar-refractivity contribution is 5.80. The number of pyridine rings is 1. The zero-order valence-corrected chi connectivity index (χ0v) is 26.2. The first-order valence-electron chi connectivity index (χ1n) is 14.8. The molecule has 3 aromatic rings. The highest BCUT2D eigenvalue weighted by atomic mass is 19.1. The molecule has 0 aliphatic rings. The average molecular weight is 632 g/mol. The van der Waals surface area contributed by atoms with Gasteiger partial charge in [0.05, 0.1) is 44.1 Å². The molecule has 2 atom stereocenters. The minimum atomic E-state index is -1.23. The molecule has 46 heavy (non-hydrogen) atoms. The molecular formula is C33H38FN7O5. The highest BCUT2D eigenvalue weighted by Gasteiger charge is 2.23. The zero-order valence-electron chi connectivity index (χ0n) is 26.2. The van der Waals surface area contributed by atoms with Gasteiger partial charge >= 0.3 is 5.97 Å². The van der Waals surface area contributed by atoms with Crippen LogP contribution in [-0.2, 0) is 29.3 Å². The van der Waals surface area contributed by atoms with Gasteiger partial charge in [-0.05, 0) is 69.4 Å². The van der Waals surface area contributed by atoms with Gasteiger partial charge in [0.25, 0.3) is 0 Å². The summed E-state index contributed by atoms with van der Waals surface area (Å²) < 4.78 is 20.3. The lowest BCUT2D eigenvalue weighted by Crippen LogP contribution is -2.19. The number of ether oxygens (including phenoxy) is 1. The maximum absolute atomic E-state index is 14.1. The summed E-state index contributed by atoms with van der Waals surface area (Å²) in [5.41, 5.74) is 23.8. The van der Waals surface area contributed by atoms with Crippen LogP contribution in [-0.4, -0.2) is 38.5 Å². The lowest BCUT2D eigenvalue weighted by molar-refractivity contribution is -0.139. The molecule has 2 aromatic carbocycles. The van der Waals surface area contributed by atoms with E-state index in [1.807, 2.05) is 27.7 Å². The Labute approximate surface area is 266 Å². The average Bonchev–Trinajstić information content (AvgIpc) is 2.98. The van der Waals surface area contributed by atoms with Crippen molar-refractivity contribution in [3.05, 3.63) is 109 Å². The highest BCUT2D eigenvalue weighted by Crippen LogP contribution is 2.38. The van der Waals surface area contributed by atoms with Gasteiger partial charge in [-0.1, -0.05) is 68.3 Å². The molecule has 1 aromatic heterocycles. The number of nitrogens with zero attached hydrogens (tertiary/aromatic N) is 7. The van der Waals surface area contributed by atoms with E-state index >= 15 is 0 Å². The van der Waals surface area contributed by atoms with Crippen molar-refractivity contribution in [2.45, 2.75) is 84.3 Å². The van der Waals surface area contributed by atoms with E-state index in [4.69, 9.17) is 25.9 Å². The van der Waals surface area contributed by atoms with Gasteiger partial charge in [0.15, 0.2) is 0 Å². The topological polar surface area (TPSA) is 197 Å². The lowest BCUT2D eigenvalue weighted by Gasteiger charge is -2.24. The van der Waals surface area contributed by atoms with Crippen molar-refractivity contribution in [2.24, 2.45) is 10.2 Å². The number of benzene rings is 2. The van der Waals surface area contributed by atoms with E-state index in [1.54, 1.807) is 36.4 Å². The summed E-state index contributed by atoms with van der Waals surface area (Å²) in [5, 5.41) is 36.9. The molecule has 0 bridgehead atoms. The molecule has 12 nitrogen and oxygen atoms in total. The molecule has 0 radical (unpaired) electrons. The fourth-order valence-electron chi connectivity index (χ4n) is 5.12. The maximum atomic E-state index is 14.1. The van der Waals surface area contributed by atoms with Crippen LogP contribution in [0.1, 0.15) is 86.0 Å². The van der Waals surface area contributed by atoms with E-state index in [0.717, 1.165) is 22.5 Å². The van der Waals surface area contributed by atoms with Crippen LogP contribution in [0.2, 0.25) is 0 Å². The third-order valence-corrected chi connectivity index (χ3v) is 7.06. The van der Waals surface area contributed by atoms with Gasteiger partial charge in [-0.25, -0.2) is 4.39 Å². The van der Waals surface area contributed by atoms with Crippen LogP contribution < -0.4 is 0 Å². The lowest BCUT2D eigenvalue weighted by atomic mass is 9.87. The summed E-state index contributed by atoms with van der Waals surface area (Å²) in [5.74, 6) is -1.63. The van der Waals surface area contributed by atoms with Crippen molar-refractivity contribution in [1.82, 2.24) is 4.98 Å². The van der Waals surface area contributed by atoms with Crippen LogP contribution in [0, 0.1) is 5.82 Å². The van der Waals surface area contributed by atoms with Gasteiger partial charge in [-0.2, -0.15) is 0 Å². The Morgan fingerprint density at radius 3 is 2.28 bits per heavy atom. The van der Waals surface area contributed by atoms with Crippen LogP contribution in [0.3, 0.4) is 0 Å². The summed E-state index contributed by atoms with van der Waals surface area (Å²) in [6, 6.07) is 11.2. The second-order valence-corrected chi connectivity index (χ2v) is 11.5. The standard InChI is InChI=1S/C33H38FN7O5/c1-19(2)32-28(10-9-26(42)14-27(43)15-30(44)45)31(23-5-7-24(34)8-6-23)29(33(38-32)20(3)4)18-46-17-22-11-21(16-37-40-35)12-25(13-22)39-41-36/h5-13,19-20,26-27,42-43H,14-18H2,1-4H3,(H,44,45)/b10-9+/t26-,27-/m1/s1. The fourth-order valence-corrected chi connectivity index (χ4v) is 5.12. The van der Waals surface area contributed by atoms with Gasteiger partial charge in [0, 0.05) is 38.8 Å². The minimum absolute atomic E-state index is 0.0196. The largest absolute Gasteiger partial charge is 0.481 e. The van der Waals surface area contributed by atoms with Crippen molar-refractivity contribution in [3.8, 4) is 11.1 Å². The quantitative estimate of drug-likeness (QED) is 0.0808. The van der Waals surface area contributed by atoms with Gasteiger partial charge in [0.2, 0.25) is 0 Å². The number of carbonyl (C=O) groups is 1. The van der Waals surface area contributed by atoms with Gasteiger partial charge in [0.1, 0.15) is 5.82 Å². The van der Waals surface area contributed by atoms with E-state index < -0.39 is 30.4 Å². The molecule has 0 aliphatic carbocycles. The van der Waals surface area contributed by atoms with Crippen LogP contribution in [0.15, 0.2) is 58.8 Å². The molecular weight excluding hydrogens is 593 g/mol. The number of carboxylic acids is 1. The normalized spacial score (nSPS) is 12.6. The summed E-state index contributed by atoms with van der Waals surface area (Å²) >= 11 is 0. The zero-order chi connectivity index (χ0) is 33.8. The number of carboxylic acid groups (broad SMARTS) is 1. The predicted octanol–water partition coefficient (Wildman–Crippen LogP) is 8.20. The van der Waals surface area contributed by atoms with Crippen LogP contribution in [0.4, 0.5) is 10.1 Å². The van der Waals surface area contributed by atoms with Gasteiger partial charge in [-0.15, -0.1) is 0 Å². The number of rotatable bonds is 16. The maximum Gasteiger partial charge on any atom is 0.305 e. The van der Waals surface area contributed by atoms with E-state index in [2.05, 4.69) is 20.1 Å². The minimum Gasteiger partial charge on any atom is -0.481 e. The van der Waals surface area contributed by atoms with E-state index in [0.29, 0.717) is 27.9 Å². The Bertz CT molecular complexity index is 1650. The number of aromatic nitrogens is 1. The molecule has 0 amide bonds. The Kier molecular flexibility index (Phi) is 13.2. The third kappa shape index (κ3) is 10.1. The number of aliphatic hydroxyl groups excluding tert-OH is 2. The number of halogens is 1. The summed E-state index contributed by atoms with van der Waals surface area (Å²) in [7, 11) is 0. The van der Waals surface area contributed by atoms with Gasteiger partial charge < -0.3 is 20.1 Å². The van der Waals surface area contributed by atoms with E-state index in [-0.39, 0.29) is 38.0 Å². The molecule has 13 heteroatoms. The Morgan fingerprint density at radius 2 is 1.67 bits per heavy atom. The molecule has 0 aliphatic heterocycles. The molecule has 3 rings (SSSR count). The molecule has 0 saturated heterocycles. The summed E-state index contributed by atoms with van der Waals surface area (Å²) in [6.45, 7) is 8.30. The first-order valence-corrected chi connectivity index (χ1v) is 14.8.